The van der Waals surface area contributed by atoms with E-state index < -0.39 is 6.36 Å². The van der Waals surface area contributed by atoms with Crippen molar-refractivity contribution in [2.75, 3.05) is 12.1 Å². The van der Waals surface area contributed by atoms with Crippen molar-refractivity contribution >= 4 is 45.5 Å². The van der Waals surface area contributed by atoms with Crippen molar-refractivity contribution in [1.29, 1.82) is 0 Å². The number of hydrogen-bond donors (Lipinski definition) is 1. The molecule has 2 aromatic carbocycles. The smallest absolute Gasteiger partial charge is 0.467 e. The molecule has 0 atom stereocenters. The molecule has 12 heteroatoms. The number of halogens is 4. The first-order valence-corrected chi connectivity index (χ1v) is 10.6. The van der Waals surface area contributed by atoms with E-state index in [1.54, 1.807) is 0 Å². The summed E-state index contributed by atoms with van der Waals surface area (Å²) in [4.78, 5) is 0. The lowest BCUT2D eigenvalue weighted by atomic mass is 10.1. The summed E-state index contributed by atoms with van der Waals surface area (Å²) in [5.74, 6) is 1.07. The summed E-state index contributed by atoms with van der Waals surface area (Å²) in [6.07, 6.45) is -4.72. The van der Waals surface area contributed by atoms with Gasteiger partial charge in [0.25, 0.3) is 0 Å². The van der Waals surface area contributed by atoms with Gasteiger partial charge in [-0.3, -0.25) is 0 Å². The lowest BCUT2D eigenvalue weighted by Gasteiger charge is -2.20. The summed E-state index contributed by atoms with van der Waals surface area (Å²) in [5.41, 5.74) is 2.41. The van der Waals surface area contributed by atoms with E-state index in [4.69, 9.17) is 21.1 Å². The Balaban J connectivity index is 1.38. The fourth-order valence-electron chi connectivity index (χ4n) is 2.69. The predicted molar refractivity (Wildman–Crippen MR) is 108 cm³/mol. The molecule has 0 fully saturated rings. The second kappa shape index (κ2) is 8.88. The molecule has 0 aliphatic carbocycles. The molecule has 0 unspecified atom stereocenters. The second-order valence-corrected chi connectivity index (χ2v) is 8.66. The summed E-state index contributed by atoms with van der Waals surface area (Å²) >= 11 is 8.98. The Kier molecular flexibility index (Phi) is 6.23. The zero-order valence-corrected chi connectivity index (χ0v) is 17.4. The van der Waals surface area contributed by atoms with Crippen molar-refractivity contribution < 1.29 is 27.4 Å². The number of thioether (sulfide) groups is 1. The van der Waals surface area contributed by atoms with Crippen LogP contribution < -0.4 is 14.8 Å². The largest absolute Gasteiger partial charge is 0.573 e. The zero-order chi connectivity index (χ0) is 21.1. The molecule has 3 aromatic rings. The van der Waals surface area contributed by atoms with Gasteiger partial charge < -0.3 is 19.5 Å². The van der Waals surface area contributed by atoms with E-state index in [1.807, 2.05) is 12.1 Å². The van der Waals surface area contributed by atoms with Gasteiger partial charge in [0.1, 0.15) is 11.5 Å². The monoisotopic (exact) mass is 475 g/mol. The van der Waals surface area contributed by atoms with Gasteiger partial charge in [0.05, 0.1) is 6.61 Å². The quantitative estimate of drug-likeness (QED) is 0.439. The minimum Gasteiger partial charge on any atom is -0.467 e. The molecule has 0 bridgehead atoms. The molecule has 0 spiro atoms. The van der Waals surface area contributed by atoms with Gasteiger partial charge in [-0.05, 0) is 36.4 Å². The molecule has 0 radical (unpaired) electrons. The fourth-order valence-corrected chi connectivity index (χ4v) is 4.69. The molecule has 0 saturated carbocycles. The number of hydrogen-bond acceptors (Lipinski definition) is 8. The summed E-state index contributed by atoms with van der Waals surface area (Å²) in [6.45, 7) is 0.652. The van der Waals surface area contributed by atoms with Crippen LogP contribution in [0.4, 0.5) is 24.0 Å². The highest BCUT2D eigenvalue weighted by Crippen LogP contribution is 2.37. The average molecular weight is 476 g/mol. The summed E-state index contributed by atoms with van der Waals surface area (Å²) in [6, 6.07) is 9.04. The number of aromatic nitrogens is 2. The van der Waals surface area contributed by atoms with E-state index >= 15 is 0 Å². The maximum Gasteiger partial charge on any atom is 0.573 e. The number of alkyl halides is 3. The van der Waals surface area contributed by atoms with Crippen LogP contribution in [0.2, 0.25) is 5.02 Å². The highest BCUT2D eigenvalue weighted by molar-refractivity contribution is 8.00. The molecule has 1 aliphatic heterocycles. The first kappa shape index (κ1) is 21.0. The first-order valence-electron chi connectivity index (χ1n) is 8.47. The van der Waals surface area contributed by atoms with Gasteiger partial charge in [-0.1, -0.05) is 34.7 Å². The number of rotatable bonds is 6. The fraction of sp³-hybridized carbons (Fsp3) is 0.222. The average Bonchev–Trinajstić information content (AvgIpc) is 3.14. The van der Waals surface area contributed by atoms with Crippen LogP contribution in [0, 0.1) is 0 Å². The number of fused-ring (bicyclic) bond motifs is 1. The molecule has 1 N–H and O–H groups in total. The van der Waals surface area contributed by atoms with Crippen molar-refractivity contribution in [3.8, 4) is 11.5 Å². The van der Waals surface area contributed by atoms with E-state index in [0.29, 0.717) is 28.2 Å². The van der Waals surface area contributed by atoms with Crippen molar-refractivity contribution in [2.24, 2.45) is 0 Å². The van der Waals surface area contributed by atoms with Crippen LogP contribution in [-0.4, -0.2) is 23.4 Å². The highest BCUT2D eigenvalue weighted by Gasteiger charge is 2.31. The standard InChI is InChI=1S/C18H13ClF3N3O3S2/c19-12-5-10-7-26-9-27-15(10)11(6-12)8-29-17-25-24-16(30-17)23-13-1-3-14(4-2-13)28-18(20,21)22/h1-6H,7-9H2,(H,23,24). The Morgan fingerprint density at radius 3 is 2.77 bits per heavy atom. The summed E-state index contributed by atoms with van der Waals surface area (Å²) < 4.78 is 52.1. The lowest BCUT2D eigenvalue weighted by molar-refractivity contribution is -0.274. The van der Waals surface area contributed by atoms with Gasteiger partial charge in [-0.2, -0.15) is 0 Å². The van der Waals surface area contributed by atoms with E-state index in [-0.39, 0.29) is 12.5 Å². The number of anilines is 2. The molecule has 2 heterocycles. The molecule has 6 nitrogen and oxygen atoms in total. The first-order chi connectivity index (χ1) is 14.4. The number of nitrogens with zero attached hydrogens (tertiary/aromatic N) is 2. The number of ether oxygens (including phenoxy) is 3. The lowest BCUT2D eigenvalue weighted by Crippen LogP contribution is -2.16. The summed E-state index contributed by atoms with van der Waals surface area (Å²) in [5, 5.41) is 12.3. The van der Waals surface area contributed by atoms with Crippen LogP contribution >= 0.6 is 34.7 Å². The van der Waals surface area contributed by atoms with Gasteiger partial charge in [0, 0.05) is 27.6 Å². The van der Waals surface area contributed by atoms with E-state index in [0.717, 1.165) is 21.2 Å². The summed E-state index contributed by atoms with van der Waals surface area (Å²) in [7, 11) is 0. The second-order valence-electron chi connectivity index (χ2n) is 6.02. The maximum atomic E-state index is 12.2. The van der Waals surface area contributed by atoms with Gasteiger partial charge >= 0.3 is 6.36 Å². The Labute approximate surface area is 182 Å². The van der Waals surface area contributed by atoms with Crippen LogP contribution in [0.1, 0.15) is 11.1 Å². The third-order valence-corrected chi connectivity index (χ3v) is 6.09. The molecule has 0 saturated heterocycles. The third-order valence-electron chi connectivity index (χ3n) is 3.85. The predicted octanol–water partition coefficient (Wildman–Crippen LogP) is 5.99. The highest BCUT2D eigenvalue weighted by atomic mass is 35.5. The van der Waals surface area contributed by atoms with Crippen molar-refractivity contribution in [1.82, 2.24) is 10.2 Å². The van der Waals surface area contributed by atoms with E-state index in [1.165, 1.54) is 47.4 Å². The van der Waals surface area contributed by atoms with Crippen molar-refractivity contribution in [3.63, 3.8) is 0 Å². The Bertz CT molecular complexity index is 1030. The molecule has 1 aliphatic rings. The van der Waals surface area contributed by atoms with Crippen molar-refractivity contribution in [2.45, 2.75) is 23.1 Å². The van der Waals surface area contributed by atoms with Crippen LogP contribution in [0.3, 0.4) is 0 Å². The van der Waals surface area contributed by atoms with Gasteiger partial charge in [-0.25, -0.2) is 0 Å². The van der Waals surface area contributed by atoms with Crippen LogP contribution in [-0.2, 0) is 17.1 Å². The molecule has 1 aromatic heterocycles. The molecule has 158 valence electrons. The Hall–Kier alpha value is -2.21. The molecule has 0 amide bonds. The van der Waals surface area contributed by atoms with Gasteiger partial charge in [0.2, 0.25) is 5.13 Å². The van der Waals surface area contributed by atoms with Crippen LogP contribution in [0.15, 0.2) is 40.7 Å². The normalized spacial score (nSPS) is 13.5. The van der Waals surface area contributed by atoms with Crippen molar-refractivity contribution in [3.05, 3.63) is 52.5 Å². The van der Waals surface area contributed by atoms with Crippen LogP contribution in [0.5, 0.6) is 11.5 Å². The van der Waals surface area contributed by atoms with E-state index in [2.05, 4.69) is 20.3 Å². The SMILES string of the molecule is FC(F)(F)Oc1ccc(Nc2nnc(SCc3cc(Cl)cc4c3OCOC4)s2)cc1. The van der Waals surface area contributed by atoms with Crippen LogP contribution in [0.25, 0.3) is 0 Å². The molecular formula is C18H13ClF3N3O3S2. The molecular weight excluding hydrogens is 463 g/mol. The minimum absolute atomic E-state index is 0.200. The maximum absolute atomic E-state index is 12.2. The Morgan fingerprint density at radius 2 is 2.00 bits per heavy atom. The number of benzene rings is 2. The topological polar surface area (TPSA) is 65.5 Å². The molecule has 30 heavy (non-hydrogen) atoms. The molecule has 4 rings (SSSR count). The number of nitrogens with one attached hydrogen (secondary N) is 1. The van der Waals surface area contributed by atoms with E-state index in [9.17, 15) is 13.2 Å². The third kappa shape index (κ3) is 5.48. The van der Waals surface area contributed by atoms with Gasteiger partial charge in [0.15, 0.2) is 11.1 Å². The minimum atomic E-state index is -4.72. The zero-order valence-electron chi connectivity index (χ0n) is 15.0. The van der Waals surface area contributed by atoms with Gasteiger partial charge in [-0.15, -0.1) is 23.4 Å². The Morgan fingerprint density at radius 1 is 1.20 bits per heavy atom.